The molecule has 0 unspecified atom stereocenters. The van der Waals surface area contributed by atoms with Crippen molar-refractivity contribution in [2.45, 2.75) is 13.3 Å². The first-order chi connectivity index (χ1) is 6.77. The minimum atomic E-state index is 0.750. The van der Waals surface area contributed by atoms with Crippen LogP contribution in [-0.2, 0) is 0 Å². The maximum absolute atomic E-state index is 4.33. The molecule has 1 aliphatic heterocycles. The van der Waals surface area contributed by atoms with Crippen molar-refractivity contribution >= 4 is 17.8 Å². The van der Waals surface area contributed by atoms with E-state index in [0.29, 0.717) is 0 Å². The minimum Gasteiger partial charge on any atom is -0.292 e. The van der Waals surface area contributed by atoms with Crippen molar-refractivity contribution in [3.63, 3.8) is 0 Å². The molecule has 0 spiro atoms. The molecule has 0 saturated heterocycles. The van der Waals surface area contributed by atoms with E-state index in [2.05, 4.69) is 27.6 Å². The normalized spacial score (nSPS) is 18.0. The van der Waals surface area contributed by atoms with Gasteiger partial charge in [-0.25, -0.2) is 4.99 Å². The molecule has 0 aliphatic carbocycles. The average molecular weight is 189 g/mol. The predicted octanol–water partition coefficient (Wildman–Crippen LogP) is 2.06. The lowest BCUT2D eigenvalue weighted by molar-refractivity contribution is 0.997. The number of hydrogen-bond acceptors (Lipinski definition) is 2. The molecule has 1 heterocycles. The van der Waals surface area contributed by atoms with Crippen molar-refractivity contribution in [3.05, 3.63) is 24.3 Å². The van der Waals surface area contributed by atoms with Crippen LogP contribution in [0.3, 0.4) is 0 Å². The topological polar surface area (TPSA) is 37.1 Å². The molecule has 0 aromatic heterocycles. The summed E-state index contributed by atoms with van der Waals surface area (Å²) in [4.78, 5) is 12.5. The summed E-state index contributed by atoms with van der Waals surface area (Å²) >= 11 is 0. The molecular weight excluding hydrogens is 174 g/mol. The molecule has 0 fully saturated rings. The highest BCUT2D eigenvalue weighted by Gasteiger charge is 2.03. The Morgan fingerprint density at radius 2 is 2.43 bits per heavy atom. The van der Waals surface area contributed by atoms with Gasteiger partial charge in [0.15, 0.2) is 0 Å². The van der Waals surface area contributed by atoms with Gasteiger partial charge in [0.05, 0.1) is 5.71 Å². The standard InChI is InChI=1S/C11H15N3/c1-4-11(14-9(2)12-3)10-6-5-7-13-8-10/h4,6,8H,1,5,7H2,2-3H3. The van der Waals surface area contributed by atoms with E-state index >= 15 is 0 Å². The fraction of sp³-hybridized carbons (Fsp3) is 0.364. The van der Waals surface area contributed by atoms with E-state index in [-0.39, 0.29) is 0 Å². The summed E-state index contributed by atoms with van der Waals surface area (Å²) in [5, 5.41) is 0. The molecule has 14 heavy (non-hydrogen) atoms. The molecule has 1 aliphatic rings. The van der Waals surface area contributed by atoms with Crippen LogP contribution in [0, 0.1) is 0 Å². The molecule has 0 bridgehead atoms. The lowest BCUT2D eigenvalue weighted by Crippen LogP contribution is -2.06. The van der Waals surface area contributed by atoms with Crippen LogP contribution in [-0.4, -0.2) is 31.4 Å². The zero-order valence-corrected chi connectivity index (χ0v) is 8.70. The van der Waals surface area contributed by atoms with Gasteiger partial charge in [0.25, 0.3) is 0 Å². The Morgan fingerprint density at radius 3 is 2.93 bits per heavy atom. The second-order valence-corrected chi connectivity index (χ2v) is 2.96. The highest BCUT2D eigenvalue weighted by atomic mass is 14.9. The minimum absolute atomic E-state index is 0.750. The van der Waals surface area contributed by atoms with Crippen molar-refractivity contribution < 1.29 is 0 Å². The highest BCUT2D eigenvalue weighted by Crippen LogP contribution is 2.05. The number of nitrogens with zero attached hydrogens (tertiary/aromatic N) is 3. The summed E-state index contributed by atoms with van der Waals surface area (Å²) in [5.41, 5.74) is 1.88. The molecule has 0 aromatic rings. The second kappa shape index (κ2) is 5.27. The zero-order valence-electron chi connectivity index (χ0n) is 8.70. The van der Waals surface area contributed by atoms with Crippen LogP contribution in [0.5, 0.6) is 0 Å². The van der Waals surface area contributed by atoms with Crippen molar-refractivity contribution in [1.29, 1.82) is 0 Å². The smallest absolute Gasteiger partial charge is 0.120 e. The van der Waals surface area contributed by atoms with Crippen LogP contribution in [0.2, 0.25) is 0 Å². The van der Waals surface area contributed by atoms with E-state index < -0.39 is 0 Å². The second-order valence-electron chi connectivity index (χ2n) is 2.96. The summed E-state index contributed by atoms with van der Waals surface area (Å²) in [6, 6.07) is 0. The van der Waals surface area contributed by atoms with Crippen molar-refractivity contribution in [2.75, 3.05) is 13.6 Å². The summed E-state index contributed by atoms with van der Waals surface area (Å²) in [5.74, 6) is 0.750. The Hall–Kier alpha value is -1.51. The number of dihydropyridines is 1. The maximum Gasteiger partial charge on any atom is 0.120 e. The van der Waals surface area contributed by atoms with Gasteiger partial charge in [-0.15, -0.1) is 0 Å². The molecule has 3 nitrogen and oxygen atoms in total. The number of rotatable bonds is 2. The third kappa shape index (κ3) is 2.76. The van der Waals surface area contributed by atoms with Crippen LogP contribution in [0.25, 0.3) is 0 Å². The van der Waals surface area contributed by atoms with Crippen LogP contribution in [0.15, 0.2) is 39.3 Å². The van der Waals surface area contributed by atoms with Crippen molar-refractivity contribution in [1.82, 2.24) is 0 Å². The monoisotopic (exact) mass is 189 g/mol. The first kappa shape index (κ1) is 10.6. The van der Waals surface area contributed by atoms with Gasteiger partial charge < -0.3 is 0 Å². The van der Waals surface area contributed by atoms with Crippen LogP contribution in [0.1, 0.15) is 13.3 Å². The molecule has 0 aromatic carbocycles. The van der Waals surface area contributed by atoms with E-state index in [4.69, 9.17) is 0 Å². The Morgan fingerprint density at radius 1 is 1.64 bits per heavy atom. The molecule has 0 saturated carbocycles. The highest BCUT2D eigenvalue weighted by molar-refractivity contribution is 6.23. The van der Waals surface area contributed by atoms with E-state index in [1.165, 1.54) is 0 Å². The van der Waals surface area contributed by atoms with Crippen molar-refractivity contribution in [2.24, 2.45) is 15.0 Å². The van der Waals surface area contributed by atoms with Gasteiger partial charge in [0, 0.05) is 25.4 Å². The molecule has 0 N–H and O–H groups in total. The molecule has 3 heteroatoms. The Labute approximate surface area is 84.7 Å². The van der Waals surface area contributed by atoms with Gasteiger partial charge in [0.1, 0.15) is 5.84 Å². The van der Waals surface area contributed by atoms with Gasteiger partial charge in [0.2, 0.25) is 0 Å². The Kier molecular flexibility index (Phi) is 3.98. The molecule has 0 radical (unpaired) electrons. The number of aliphatic imine (C=N–C) groups is 3. The predicted molar refractivity (Wildman–Crippen MR) is 62.7 cm³/mol. The number of amidine groups is 1. The van der Waals surface area contributed by atoms with Gasteiger partial charge in [-0.1, -0.05) is 12.7 Å². The average Bonchev–Trinajstić information content (AvgIpc) is 2.26. The largest absolute Gasteiger partial charge is 0.292 e. The van der Waals surface area contributed by atoms with E-state index in [1.807, 2.05) is 13.1 Å². The summed E-state index contributed by atoms with van der Waals surface area (Å²) in [6.07, 6.45) is 6.67. The van der Waals surface area contributed by atoms with E-state index in [0.717, 1.165) is 30.1 Å². The number of hydrogen-bond donors (Lipinski definition) is 0. The van der Waals surface area contributed by atoms with Crippen LogP contribution < -0.4 is 0 Å². The maximum atomic E-state index is 4.33. The first-order valence-electron chi connectivity index (χ1n) is 4.62. The Balaban J connectivity index is 2.91. The summed E-state index contributed by atoms with van der Waals surface area (Å²) < 4.78 is 0. The van der Waals surface area contributed by atoms with Gasteiger partial charge in [-0.2, -0.15) is 0 Å². The van der Waals surface area contributed by atoms with Gasteiger partial charge in [-0.05, 0) is 19.4 Å². The van der Waals surface area contributed by atoms with E-state index in [9.17, 15) is 0 Å². The Bertz CT molecular complexity index is 332. The molecule has 1 rings (SSSR count). The summed E-state index contributed by atoms with van der Waals surface area (Å²) in [7, 11) is 1.73. The van der Waals surface area contributed by atoms with E-state index in [1.54, 1.807) is 13.1 Å². The summed E-state index contributed by atoms with van der Waals surface area (Å²) in [6.45, 7) is 6.47. The SMILES string of the molecule is C=CC(=NC(C)=NC)C1=CCCN=C1. The quantitative estimate of drug-likeness (QED) is 0.471. The molecule has 0 amide bonds. The first-order valence-corrected chi connectivity index (χ1v) is 4.62. The third-order valence-corrected chi connectivity index (χ3v) is 1.95. The number of allylic oxidation sites excluding steroid dienone is 2. The lowest BCUT2D eigenvalue weighted by atomic mass is 10.1. The lowest BCUT2D eigenvalue weighted by Gasteiger charge is -2.05. The molecule has 0 atom stereocenters. The fourth-order valence-electron chi connectivity index (χ4n) is 1.13. The fourth-order valence-corrected chi connectivity index (χ4v) is 1.13. The molecule has 74 valence electrons. The van der Waals surface area contributed by atoms with Crippen LogP contribution >= 0.6 is 0 Å². The van der Waals surface area contributed by atoms with Gasteiger partial charge in [-0.3, -0.25) is 9.98 Å². The molecular formula is C11H15N3. The van der Waals surface area contributed by atoms with Crippen LogP contribution in [0.4, 0.5) is 0 Å². The van der Waals surface area contributed by atoms with Crippen molar-refractivity contribution in [3.8, 4) is 0 Å². The zero-order chi connectivity index (χ0) is 10.4. The van der Waals surface area contributed by atoms with Gasteiger partial charge >= 0.3 is 0 Å². The third-order valence-electron chi connectivity index (χ3n) is 1.95.